The van der Waals surface area contributed by atoms with Crippen LogP contribution in [0.5, 0.6) is 5.75 Å². The maximum absolute atomic E-state index is 12.2. The zero-order valence-corrected chi connectivity index (χ0v) is 13.7. The van der Waals surface area contributed by atoms with E-state index in [1.54, 1.807) is 17.8 Å². The van der Waals surface area contributed by atoms with Crippen LogP contribution in [0.3, 0.4) is 0 Å². The Morgan fingerprint density at radius 3 is 2.46 bits per heavy atom. The van der Waals surface area contributed by atoms with Crippen molar-refractivity contribution in [2.45, 2.75) is 13.5 Å². The van der Waals surface area contributed by atoms with Crippen molar-refractivity contribution in [2.24, 2.45) is 7.05 Å². The SMILES string of the molecule is Cc1cc(C(=O)Nc2ccc(OCc3ccccc3)cc2)n(C)n1. The molecule has 24 heavy (non-hydrogen) atoms. The molecule has 0 saturated heterocycles. The molecule has 2 aromatic carbocycles. The number of benzene rings is 2. The second-order valence-corrected chi connectivity index (χ2v) is 5.55. The number of hydrogen-bond donors (Lipinski definition) is 1. The van der Waals surface area contributed by atoms with Gasteiger partial charge in [0.25, 0.3) is 5.91 Å². The molecular weight excluding hydrogens is 302 g/mol. The lowest BCUT2D eigenvalue weighted by molar-refractivity contribution is 0.101. The van der Waals surface area contributed by atoms with Crippen LogP contribution in [0.2, 0.25) is 0 Å². The number of aryl methyl sites for hydroxylation is 2. The van der Waals surface area contributed by atoms with E-state index in [2.05, 4.69) is 10.4 Å². The minimum Gasteiger partial charge on any atom is -0.489 e. The largest absolute Gasteiger partial charge is 0.489 e. The quantitative estimate of drug-likeness (QED) is 0.782. The number of nitrogens with one attached hydrogen (secondary N) is 1. The molecule has 1 amide bonds. The third kappa shape index (κ3) is 3.81. The van der Waals surface area contributed by atoms with Crippen molar-refractivity contribution in [3.05, 3.63) is 77.6 Å². The standard InChI is InChI=1S/C19H19N3O2/c1-14-12-18(22(2)21-14)19(23)20-16-8-10-17(11-9-16)24-13-15-6-4-3-5-7-15/h3-12H,13H2,1-2H3,(H,20,23). The predicted molar refractivity (Wildman–Crippen MR) is 93.1 cm³/mol. The number of carbonyl (C=O) groups excluding carboxylic acids is 1. The Bertz CT molecular complexity index is 824. The number of anilines is 1. The van der Waals surface area contributed by atoms with Crippen molar-refractivity contribution in [3.8, 4) is 5.75 Å². The van der Waals surface area contributed by atoms with E-state index in [0.717, 1.165) is 17.0 Å². The van der Waals surface area contributed by atoms with Crippen LogP contribution in [0, 0.1) is 6.92 Å². The second-order valence-electron chi connectivity index (χ2n) is 5.55. The first-order valence-corrected chi connectivity index (χ1v) is 7.70. The van der Waals surface area contributed by atoms with Gasteiger partial charge in [-0.25, -0.2) is 0 Å². The number of carbonyl (C=O) groups is 1. The average Bonchev–Trinajstić information content (AvgIpc) is 2.94. The second kappa shape index (κ2) is 7.00. The van der Waals surface area contributed by atoms with Crippen molar-refractivity contribution in [2.75, 3.05) is 5.32 Å². The Hall–Kier alpha value is -3.08. The summed E-state index contributed by atoms with van der Waals surface area (Å²) in [6.45, 7) is 2.37. The van der Waals surface area contributed by atoms with Gasteiger partial charge in [-0.05, 0) is 42.8 Å². The van der Waals surface area contributed by atoms with Crippen LogP contribution in [-0.4, -0.2) is 15.7 Å². The predicted octanol–water partition coefficient (Wildman–Crippen LogP) is 3.56. The molecule has 0 unspecified atom stereocenters. The van der Waals surface area contributed by atoms with Gasteiger partial charge in [-0.2, -0.15) is 5.10 Å². The Balaban J connectivity index is 1.60. The van der Waals surface area contributed by atoms with E-state index in [0.29, 0.717) is 18.0 Å². The highest BCUT2D eigenvalue weighted by molar-refractivity contribution is 6.03. The fourth-order valence-corrected chi connectivity index (χ4v) is 2.39. The summed E-state index contributed by atoms with van der Waals surface area (Å²) < 4.78 is 7.30. The van der Waals surface area contributed by atoms with Gasteiger partial charge in [0.05, 0.1) is 5.69 Å². The third-order valence-electron chi connectivity index (χ3n) is 3.60. The molecular formula is C19H19N3O2. The molecule has 0 aliphatic heterocycles. The highest BCUT2D eigenvalue weighted by Gasteiger charge is 2.11. The Morgan fingerprint density at radius 2 is 1.83 bits per heavy atom. The lowest BCUT2D eigenvalue weighted by atomic mass is 10.2. The van der Waals surface area contributed by atoms with Crippen molar-refractivity contribution >= 4 is 11.6 Å². The molecule has 5 heteroatoms. The molecule has 0 aliphatic carbocycles. The zero-order valence-electron chi connectivity index (χ0n) is 13.7. The summed E-state index contributed by atoms with van der Waals surface area (Å²) in [6.07, 6.45) is 0. The monoisotopic (exact) mass is 321 g/mol. The lowest BCUT2D eigenvalue weighted by Gasteiger charge is -2.08. The van der Waals surface area contributed by atoms with Gasteiger partial charge in [-0.3, -0.25) is 9.48 Å². The summed E-state index contributed by atoms with van der Waals surface area (Å²) >= 11 is 0. The summed E-state index contributed by atoms with van der Waals surface area (Å²) in [5.41, 5.74) is 3.16. The maximum atomic E-state index is 12.2. The molecule has 1 heterocycles. The van der Waals surface area contributed by atoms with Gasteiger partial charge in [0, 0.05) is 12.7 Å². The molecule has 1 aromatic heterocycles. The number of aromatic nitrogens is 2. The third-order valence-corrected chi connectivity index (χ3v) is 3.60. The molecule has 0 spiro atoms. The first-order chi connectivity index (χ1) is 11.6. The van der Waals surface area contributed by atoms with Gasteiger partial charge in [-0.15, -0.1) is 0 Å². The molecule has 0 radical (unpaired) electrons. The maximum Gasteiger partial charge on any atom is 0.273 e. The molecule has 1 N–H and O–H groups in total. The molecule has 0 atom stereocenters. The first-order valence-electron chi connectivity index (χ1n) is 7.70. The summed E-state index contributed by atoms with van der Waals surface area (Å²) in [7, 11) is 1.75. The summed E-state index contributed by atoms with van der Waals surface area (Å²) in [5, 5.41) is 7.03. The fraction of sp³-hybridized carbons (Fsp3) is 0.158. The minimum absolute atomic E-state index is 0.184. The van der Waals surface area contributed by atoms with Gasteiger partial charge in [0.15, 0.2) is 0 Å². The van der Waals surface area contributed by atoms with E-state index in [1.165, 1.54) is 0 Å². The van der Waals surface area contributed by atoms with Crippen LogP contribution in [0.25, 0.3) is 0 Å². The normalized spacial score (nSPS) is 10.4. The number of rotatable bonds is 5. The van der Waals surface area contributed by atoms with Gasteiger partial charge in [-0.1, -0.05) is 30.3 Å². The molecule has 0 fully saturated rings. The molecule has 3 aromatic rings. The van der Waals surface area contributed by atoms with E-state index in [1.807, 2.05) is 61.5 Å². The van der Waals surface area contributed by atoms with Crippen LogP contribution in [0.1, 0.15) is 21.7 Å². The Labute approximate surface area is 140 Å². The van der Waals surface area contributed by atoms with Crippen LogP contribution in [0.15, 0.2) is 60.7 Å². The van der Waals surface area contributed by atoms with Gasteiger partial charge in [0.1, 0.15) is 18.1 Å². The number of hydrogen-bond acceptors (Lipinski definition) is 3. The van der Waals surface area contributed by atoms with E-state index >= 15 is 0 Å². The van der Waals surface area contributed by atoms with Crippen LogP contribution >= 0.6 is 0 Å². The number of ether oxygens (including phenoxy) is 1. The van der Waals surface area contributed by atoms with Crippen molar-refractivity contribution < 1.29 is 9.53 Å². The molecule has 122 valence electrons. The fourth-order valence-electron chi connectivity index (χ4n) is 2.39. The highest BCUT2D eigenvalue weighted by Crippen LogP contribution is 2.18. The summed E-state index contributed by atoms with van der Waals surface area (Å²) in [6, 6.07) is 19.1. The van der Waals surface area contributed by atoms with Crippen molar-refractivity contribution in [1.82, 2.24) is 9.78 Å². The molecule has 5 nitrogen and oxygen atoms in total. The van der Waals surface area contributed by atoms with Gasteiger partial charge >= 0.3 is 0 Å². The summed E-state index contributed by atoms with van der Waals surface area (Å²) in [4.78, 5) is 12.2. The molecule has 0 bridgehead atoms. The van der Waals surface area contributed by atoms with Gasteiger partial charge in [0.2, 0.25) is 0 Å². The van der Waals surface area contributed by atoms with Crippen LogP contribution in [0.4, 0.5) is 5.69 Å². The minimum atomic E-state index is -0.184. The lowest BCUT2D eigenvalue weighted by Crippen LogP contribution is -2.15. The molecule has 3 rings (SSSR count). The van der Waals surface area contributed by atoms with E-state index in [4.69, 9.17) is 4.74 Å². The van der Waals surface area contributed by atoms with E-state index in [9.17, 15) is 4.79 Å². The first kappa shape index (κ1) is 15.8. The van der Waals surface area contributed by atoms with Crippen molar-refractivity contribution in [1.29, 1.82) is 0 Å². The van der Waals surface area contributed by atoms with Gasteiger partial charge < -0.3 is 10.1 Å². The zero-order chi connectivity index (χ0) is 16.9. The number of amides is 1. The van der Waals surface area contributed by atoms with Crippen LogP contribution < -0.4 is 10.1 Å². The topological polar surface area (TPSA) is 56.1 Å². The highest BCUT2D eigenvalue weighted by atomic mass is 16.5. The smallest absolute Gasteiger partial charge is 0.273 e. The number of nitrogens with zero attached hydrogens (tertiary/aromatic N) is 2. The van der Waals surface area contributed by atoms with Crippen molar-refractivity contribution in [3.63, 3.8) is 0 Å². The molecule has 0 saturated carbocycles. The van der Waals surface area contributed by atoms with E-state index < -0.39 is 0 Å². The molecule has 0 aliphatic rings. The Kier molecular flexibility index (Phi) is 4.61. The Morgan fingerprint density at radius 1 is 1.12 bits per heavy atom. The average molecular weight is 321 g/mol. The summed E-state index contributed by atoms with van der Waals surface area (Å²) in [5.74, 6) is 0.573. The van der Waals surface area contributed by atoms with E-state index in [-0.39, 0.29) is 5.91 Å². The van der Waals surface area contributed by atoms with Crippen LogP contribution in [-0.2, 0) is 13.7 Å².